The summed E-state index contributed by atoms with van der Waals surface area (Å²) in [5.74, 6) is 0.261. The lowest BCUT2D eigenvalue weighted by atomic mass is 10.1. The minimum atomic E-state index is -0.478. The number of nitriles is 1. The van der Waals surface area contributed by atoms with Gasteiger partial charge in [0, 0.05) is 11.8 Å². The van der Waals surface area contributed by atoms with Crippen LogP contribution in [0.1, 0.15) is 34.1 Å². The molecule has 0 bridgehead atoms. The van der Waals surface area contributed by atoms with Gasteiger partial charge in [-0.3, -0.25) is 0 Å². The summed E-state index contributed by atoms with van der Waals surface area (Å²) in [6.07, 6.45) is 5.03. The highest BCUT2D eigenvalue weighted by Gasteiger charge is 2.16. The predicted octanol–water partition coefficient (Wildman–Crippen LogP) is 3.24. The summed E-state index contributed by atoms with van der Waals surface area (Å²) >= 11 is 0. The van der Waals surface area contributed by atoms with Crippen LogP contribution >= 0.6 is 0 Å². The number of benzene rings is 1. The smallest absolute Gasteiger partial charge is 0.355 e. The molecular weight excluding hydrogens is 280 g/mol. The number of carbonyl (C=O) groups excluding carboxylic acids is 1. The molecule has 0 saturated carbocycles. The third kappa shape index (κ3) is 3.36. The van der Waals surface area contributed by atoms with Gasteiger partial charge in [-0.1, -0.05) is 24.3 Å². The molecule has 0 aliphatic carbocycles. The summed E-state index contributed by atoms with van der Waals surface area (Å²) in [7, 11) is 1.60. The zero-order valence-electron chi connectivity index (χ0n) is 12.4. The molecule has 0 saturated heterocycles. The SMILES string of the molecule is CCOC(=O)c1[nH]cc(C#N)c1/C=C/c1cccc(OC)c1. The van der Waals surface area contributed by atoms with Crippen molar-refractivity contribution in [2.24, 2.45) is 0 Å². The zero-order chi connectivity index (χ0) is 15.9. The molecule has 1 N–H and O–H groups in total. The normalized spacial score (nSPS) is 10.4. The molecule has 2 aromatic rings. The van der Waals surface area contributed by atoms with Crippen LogP contribution in [-0.2, 0) is 4.74 Å². The van der Waals surface area contributed by atoms with Gasteiger partial charge in [-0.25, -0.2) is 4.79 Å². The average molecular weight is 296 g/mol. The molecule has 0 radical (unpaired) electrons. The number of nitrogens with zero attached hydrogens (tertiary/aromatic N) is 1. The van der Waals surface area contributed by atoms with Gasteiger partial charge in [0.2, 0.25) is 0 Å². The Morgan fingerprint density at radius 2 is 2.23 bits per heavy atom. The number of methoxy groups -OCH3 is 1. The number of esters is 1. The second kappa shape index (κ2) is 7.14. The Morgan fingerprint density at radius 3 is 2.91 bits per heavy atom. The van der Waals surface area contributed by atoms with Gasteiger partial charge in [-0.15, -0.1) is 0 Å². The van der Waals surface area contributed by atoms with Crippen LogP contribution in [0.15, 0.2) is 30.5 Å². The van der Waals surface area contributed by atoms with Crippen molar-refractivity contribution in [2.75, 3.05) is 13.7 Å². The zero-order valence-corrected chi connectivity index (χ0v) is 12.4. The highest BCUT2D eigenvalue weighted by molar-refractivity contribution is 5.94. The van der Waals surface area contributed by atoms with E-state index in [1.54, 1.807) is 20.1 Å². The third-order valence-corrected chi connectivity index (χ3v) is 3.06. The Hall–Kier alpha value is -3.00. The maximum absolute atomic E-state index is 11.9. The molecule has 5 nitrogen and oxygen atoms in total. The van der Waals surface area contributed by atoms with E-state index >= 15 is 0 Å². The van der Waals surface area contributed by atoms with Crippen molar-refractivity contribution in [1.82, 2.24) is 4.98 Å². The monoisotopic (exact) mass is 296 g/mol. The summed E-state index contributed by atoms with van der Waals surface area (Å²) in [4.78, 5) is 14.7. The summed E-state index contributed by atoms with van der Waals surface area (Å²) in [6, 6.07) is 9.54. The van der Waals surface area contributed by atoms with Crippen LogP contribution in [0.5, 0.6) is 5.75 Å². The largest absolute Gasteiger partial charge is 0.497 e. The topological polar surface area (TPSA) is 75.1 Å². The molecule has 0 amide bonds. The molecule has 5 heteroatoms. The minimum absolute atomic E-state index is 0.276. The summed E-state index contributed by atoms with van der Waals surface area (Å²) < 4.78 is 10.1. The standard InChI is InChI=1S/C17H16N2O3/c1-3-22-17(20)16-15(13(10-18)11-19-16)8-7-12-5-4-6-14(9-12)21-2/h4-9,11,19H,3H2,1-2H3/b8-7+. The lowest BCUT2D eigenvalue weighted by Crippen LogP contribution is -2.06. The van der Waals surface area contributed by atoms with Gasteiger partial charge in [0.05, 0.1) is 19.3 Å². The molecular formula is C17H16N2O3. The number of ether oxygens (including phenoxy) is 2. The molecule has 0 fully saturated rings. The van der Waals surface area contributed by atoms with E-state index in [-0.39, 0.29) is 12.3 Å². The number of nitrogens with one attached hydrogen (secondary N) is 1. The van der Waals surface area contributed by atoms with Crippen molar-refractivity contribution >= 4 is 18.1 Å². The van der Waals surface area contributed by atoms with Crippen LogP contribution in [0.25, 0.3) is 12.2 Å². The molecule has 1 aromatic carbocycles. The van der Waals surface area contributed by atoms with Crippen molar-refractivity contribution in [3.8, 4) is 11.8 Å². The van der Waals surface area contributed by atoms with E-state index in [4.69, 9.17) is 14.7 Å². The van der Waals surface area contributed by atoms with E-state index < -0.39 is 5.97 Å². The van der Waals surface area contributed by atoms with Crippen LogP contribution in [0.4, 0.5) is 0 Å². The van der Waals surface area contributed by atoms with Crippen molar-refractivity contribution in [1.29, 1.82) is 5.26 Å². The van der Waals surface area contributed by atoms with Crippen LogP contribution < -0.4 is 4.74 Å². The molecule has 22 heavy (non-hydrogen) atoms. The number of aromatic amines is 1. The van der Waals surface area contributed by atoms with Crippen molar-refractivity contribution in [3.63, 3.8) is 0 Å². The van der Waals surface area contributed by atoms with Crippen LogP contribution in [0, 0.1) is 11.3 Å². The number of hydrogen-bond donors (Lipinski definition) is 1. The van der Waals surface area contributed by atoms with Crippen LogP contribution in [0.2, 0.25) is 0 Å². The Morgan fingerprint density at radius 1 is 1.41 bits per heavy atom. The van der Waals surface area contributed by atoms with Crippen molar-refractivity contribution in [3.05, 3.63) is 52.8 Å². The minimum Gasteiger partial charge on any atom is -0.497 e. The predicted molar refractivity (Wildman–Crippen MR) is 83.4 cm³/mol. The highest BCUT2D eigenvalue weighted by atomic mass is 16.5. The summed E-state index contributed by atoms with van der Waals surface area (Å²) in [6.45, 7) is 2.01. The van der Waals surface area contributed by atoms with Gasteiger partial charge in [0.15, 0.2) is 0 Å². The van der Waals surface area contributed by atoms with Gasteiger partial charge in [0.25, 0.3) is 0 Å². The van der Waals surface area contributed by atoms with E-state index in [0.717, 1.165) is 11.3 Å². The van der Waals surface area contributed by atoms with Gasteiger partial charge in [-0.2, -0.15) is 5.26 Å². The van der Waals surface area contributed by atoms with E-state index in [2.05, 4.69) is 11.1 Å². The Labute approximate surface area is 128 Å². The molecule has 112 valence electrons. The number of aromatic nitrogens is 1. The Balaban J connectivity index is 2.35. The molecule has 0 spiro atoms. The number of rotatable bonds is 5. The number of carbonyl (C=O) groups is 1. The Kier molecular flexibility index (Phi) is 4.99. The molecule has 0 atom stereocenters. The highest BCUT2D eigenvalue weighted by Crippen LogP contribution is 2.20. The lowest BCUT2D eigenvalue weighted by molar-refractivity contribution is 0.0520. The molecule has 0 aliphatic heterocycles. The average Bonchev–Trinajstić information content (AvgIpc) is 2.96. The lowest BCUT2D eigenvalue weighted by Gasteiger charge is -2.02. The van der Waals surface area contributed by atoms with Gasteiger partial charge >= 0.3 is 5.97 Å². The van der Waals surface area contributed by atoms with E-state index in [9.17, 15) is 4.79 Å². The molecule has 0 aliphatic rings. The van der Waals surface area contributed by atoms with Crippen molar-refractivity contribution in [2.45, 2.75) is 6.92 Å². The number of H-pyrrole nitrogens is 1. The molecule has 0 unspecified atom stereocenters. The number of hydrogen-bond acceptors (Lipinski definition) is 4. The first-order chi connectivity index (χ1) is 10.7. The molecule has 2 rings (SSSR count). The maximum atomic E-state index is 11.9. The first-order valence-corrected chi connectivity index (χ1v) is 6.80. The summed E-state index contributed by atoms with van der Waals surface area (Å²) in [5, 5.41) is 9.15. The fourth-order valence-corrected chi connectivity index (χ4v) is 2.00. The molecule has 1 heterocycles. The third-order valence-electron chi connectivity index (χ3n) is 3.06. The van der Waals surface area contributed by atoms with Crippen LogP contribution in [-0.4, -0.2) is 24.7 Å². The maximum Gasteiger partial charge on any atom is 0.355 e. The summed E-state index contributed by atoms with van der Waals surface area (Å²) in [5.41, 5.74) is 2.09. The van der Waals surface area contributed by atoms with Gasteiger partial charge < -0.3 is 14.5 Å². The fraction of sp³-hybridized carbons (Fsp3) is 0.176. The van der Waals surface area contributed by atoms with Gasteiger partial charge in [0.1, 0.15) is 17.5 Å². The van der Waals surface area contributed by atoms with Crippen molar-refractivity contribution < 1.29 is 14.3 Å². The van der Waals surface area contributed by atoms with E-state index in [0.29, 0.717) is 11.1 Å². The van der Waals surface area contributed by atoms with Gasteiger partial charge in [-0.05, 0) is 24.6 Å². The second-order valence-electron chi connectivity index (χ2n) is 4.43. The van der Waals surface area contributed by atoms with E-state index in [1.807, 2.05) is 30.3 Å². The van der Waals surface area contributed by atoms with E-state index in [1.165, 1.54) is 6.20 Å². The second-order valence-corrected chi connectivity index (χ2v) is 4.43. The quantitative estimate of drug-likeness (QED) is 0.859. The van der Waals surface area contributed by atoms with Crippen LogP contribution in [0.3, 0.4) is 0 Å². The first kappa shape index (κ1) is 15.4. The Bertz CT molecular complexity index is 739. The first-order valence-electron chi connectivity index (χ1n) is 6.80. The fourth-order valence-electron chi connectivity index (χ4n) is 2.00. The molecule has 1 aromatic heterocycles.